The Morgan fingerprint density at radius 3 is 2.58 bits per heavy atom. The molecule has 1 aromatic carbocycles. The fraction of sp³-hybridized carbons (Fsp3) is 0.176. The number of imidazole rings is 1. The minimum Gasteiger partial charge on any atom is -0.382 e. The van der Waals surface area contributed by atoms with Crippen molar-refractivity contribution in [1.29, 1.82) is 0 Å². The van der Waals surface area contributed by atoms with Gasteiger partial charge in [-0.25, -0.2) is 19.6 Å². The summed E-state index contributed by atoms with van der Waals surface area (Å²) in [5.41, 5.74) is 10.4. The number of aromatic nitrogens is 6. The molecule has 24 heavy (non-hydrogen) atoms. The molecule has 7 nitrogen and oxygen atoms in total. The van der Waals surface area contributed by atoms with Crippen LogP contribution >= 0.6 is 0 Å². The largest absolute Gasteiger partial charge is 0.382 e. The first kappa shape index (κ1) is 14.4. The molecule has 0 saturated heterocycles. The highest BCUT2D eigenvalue weighted by Gasteiger charge is 2.18. The molecule has 4 aromatic rings. The first-order valence-corrected chi connectivity index (χ1v) is 7.68. The Balaban J connectivity index is 1.96. The van der Waals surface area contributed by atoms with Crippen LogP contribution in [0.5, 0.6) is 0 Å². The zero-order valence-electron chi connectivity index (χ0n) is 13.5. The third-order valence-electron chi connectivity index (χ3n) is 3.92. The number of rotatable bonds is 3. The third kappa shape index (κ3) is 2.30. The van der Waals surface area contributed by atoms with Crippen LogP contribution in [0.3, 0.4) is 0 Å². The molecular formula is C17H17N7. The van der Waals surface area contributed by atoms with E-state index >= 15 is 0 Å². The number of fused-ring (bicyclic) bond motifs is 1. The van der Waals surface area contributed by atoms with Crippen molar-refractivity contribution < 1.29 is 0 Å². The van der Waals surface area contributed by atoms with Crippen LogP contribution in [0.15, 0.2) is 42.7 Å². The fourth-order valence-electron chi connectivity index (χ4n) is 2.85. The highest BCUT2D eigenvalue weighted by Crippen LogP contribution is 2.22. The lowest BCUT2D eigenvalue weighted by Crippen LogP contribution is -2.11. The molecule has 0 fully saturated rings. The summed E-state index contributed by atoms with van der Waals surface area (Å²) in [5.74, 6) is 1.06. The van der Waals surface area contributed by atoms with Gasteiger partial charge in [0.15, 0.2) is 17.0 Å². The zero-order chi connectivity index (χ0) is 16.7. The molecule has 0 unspecified atom stereocenters. The minimum absolute atomic E-state index is 0.370. The van der Waals surface area contributed by atoms with Crippen molar-refractivity contribution in [2.75, 3.05) is 5.73 Å². The number of anilines is 1. The molecule has 0 saturated carbocycles. The summed E-state index contributed by atoms with van der Waals surface area (Å²) in [6.07, 6.45) is 1.46. The highest BCUT2D eigenvalue weighted by atomic mass is 15.4. The Hall–Kier alpha value is -3.22. The van der Waals surface area contributed by atoms with Crippen molar-refractivity contribution in [3.8, 4) is 5.95 Å². The summed E-state index contributed by atoms with van der Waals surface area (Å²) in [7, 11) is 0. The van der Waals surface area contributed by atoms with Gasteiger partial charge in [-0.3, -0.25) is 4.57 Å². The molecule has 2 N–H and O–H groups in total. The molecule has 0 radical (unpaired) electrons. The van der Waals surface area contributed by atoms with Crippen LogP contribution in [-0.2, 0) is 6.54 Å². The van der Waals surface area contributed by atoms with E-state index in [0.29, 0.717) is 29.5 Å². The lowest BCUT2D eigenvalue weighted by molar-refractivity contribution is 0.699. The van der Waals surface area contributed by atoms with Crippen LogP contribution in [-0.4, -0.2) is 29.3 Å². The quantitative estimate of drug-likeness (QED) is 0.626. The molecule has 120 valence electrons. The SMILES string of the molecule is Cc1cc(C)n(-c2nc3c(N)ncnc3n2Cc2ccccc2)n1. The van der Waals surface area contributed by atoms with Crippen molar-refractivity contribution in [3.05, 3.63) is 59.7 Å². The Morgan fingerprint density at radius 2 is 1.88 bits per heavy atom. The summed E-state index contributed by atoms with van der Waals surface area (Å²) < 4.78 is 3.83. The standard InChI is InChI=1S/C17H17N7/c1-11-8-12(2)24(22-11)17-21-14-15(18)19-10-20-16(14)23(17)9-13-6-4-3-5-7-13/h3-8,10H,9H2,1-2H3,(H2,18,19,20). The Morgan fingerprint density at radius 1 is 1.08 bits per heavy atom. The average molecular weight is 319 g/mol. The van der Waals surface area contributed by atoms with Crippen molar-refractivity contribution in [2.24, 2.45) is 0 Å². The summed E-state index contributed by atoms with van der Waals surface area (Å²) in [5, 5.41) is 4.55. The van der Waals surface area contributed by atoms with Crippen molar-refractivity contribution in [2.45, 2.75) is 20.4 Å². The smallest absolute Gasteiger partial charge is 0.233 e. The second-order valence-electron chi connectivity index (χ2n) is 5.75. The molecule has 0 bridgehead atoms. The minimum atomic E-state index is 0.370. The highest BCUT2D eigenvalue weighted by molar-refractivity contribution is 5.83. The van der Waals surface area contributed by atoms with Gasteiger partial charge in [0.05, 0.1) is 12.2 Å². The van der Waals surface area contributed by atoms with Crippen LogP contribution in [0.1, 0.15) is 17.0 Å². The summed E-state index contributed by atoms with van der Waals surface area (Å²) in [6, 6.07) is 12.2. The molecule has 4 rings (SSSR count). The monoisotopic (exact) mass is 319 g/mol. The number of nitrogens with two attached hydrogens (primary N) is 1. The fourth-order valence-corrected chi connectivity index (χ4v) is 2.85. The van der Waals surface area contributed by atoms with Crippen molar-refractivity contribution in [1.82, 2.24) is 29.3 Å². The van der Waals surface area contributed by atoms with Gasteiger partial charge in [0, 0.05) is 5.69 Å². The predicted molar refractivity (Wildman–Crippen MR) is 91.9 cm³/mol. The van der Waals surface area contributed by atoms with E-state index < -0.39 is 0 Å². The Bertz CT molecular complexity index is 1010. The van der Waals surface area contributed by atoms with Gasteiger partial charge in [0.1, 0.15) is 6.33 Å². The average Bonchev–Trinajstić information content (AvgIpc) is 3.09. The molecule has 3 heterocycles. The molecular weight excluding hydrogens is 302 g/mol. The molecule has 0 atom stereocenters. The van der Waals surface area contributed by atoms with E-state index in [4.69, 9.17) is 5.73 Å². The van der Waals surface area contributed by atoms with Gasteiger partial charge in [0.2, 0.25) is 5.95 Å². The number of nitrogen functional groups attached to an aromatic ring is 1. The molecule has 0 amide bonds. The topological polar surface area (TPSA) is 87.4 Å². The maximum atomic E-state index is 6.00. The van der Waals surface area contributed by atoms with Crippen LogP contribution in [0, 0.1) is 13.8 Å². The molecule has 0 spiro atoms. The van der Waals surface area contributed by atoms with Gasteiger partial charge >= 0.3 is 0 Å². The number of hydrogen-bond acceptors (Lipinski definition) is 5. The van der Waals surface area contributed by atoms with Crippen LogP contribution in [0.4, 0.5) is 5.82 Å². The second kappa shape index (κ2) is 5.45. The van der Waals surface area contributed by atoms with Gasteiger partial charge in [-0.2, -0.15) is 5.10 Å². The molecule has 7 heteroatoms. The lowest BCUT2D eigenvalue weighted by atomic mass is 10.2. The van der Waals surface area contributed by atoms with Crippen molar-refractivity contribution >= 4 is 17.0 Å². The van der Waals surface area contributed by atoms with Crippen LogP contribution < -0.4 is 5.73 Å². The van der Waals surface area contributed by atoms with Crippen molar-refractivity contribution in [3.63, 3.8) is 0 Å². The predicted octanol–water partition coefficient (Wildman–Crippen LogP) is 2.26. The number of aryl methyl sites for hydroxylation is 2. The molecule has 0 aliphatic carbocycles. The van der Waals surface area contributed by atoms with E-state index in [-0.39, 0.29) is 0 Å². The summed E-state index contributed by atoms with van der Waals surface area (Å²) >= 11 is 0. The molecule has 3 aromatic heterocycles. The van der Waals surface area contributed by atoms with E-state index in [9.17, 15) is 0 Å². The Kier molecular flexibility index (Phi) is 3.26. The third-order valence-corrected chi connectivity index (χ3v) is 3.92. The van der Waals surface area contributed by atoms with E-state index in [0.717, 1.165) is 17.0 Å². The first-order chi connectivity index (χ1) is 11.6. The van der Waals surface area contributed by atoms with Gasteiger partial charge in [-0.1, -0.05) is 30.3 Å². The van der Waals surface area contributed by atoms with E-state index in [1.165, 1.54) is 6.33 Å². The van der Waals surface area contributed by atoms with Crippen LogP contribution in [0.25, 0.3) is 17.1 Å². The summed E-state index contributed by atoms with van der Waals surface area (Å²) in [6.45, 7) is 4.59. The normalized spacial score (nSPS) is 11.2. The van der Waals surface area contributed by atoms with E-state index in [2.05, 4.69) is 32.2 Å². The number of nitrogens with zero attached hydrogens (tertiary/aromatic N) is 6. The number of benzene rings is 1. The van der Waals surface area contributed by atoms with Gasteiger partial charge < -0.3 is 5.73 Å². The van der Waals surface area contributed by atoms with E-state index in [1.54, 1.807) is 0 Å². The Labute approximate surface area is 138 Å². The molecule has 0 aliphatic heterocycles. The maximum absolute atomic E-state index is 6.00. The van der Waals surface area contributed by atoms with Crippen LogP contribution in [0.2, 0.25) is 0 Å². The van der Waals surface area contributed by atoms with Gasteiger partial charge in [0.25, 0.3) is 0 Å². The zero-order valence-corrected chi connectivity index (χ0v) is 13.5. The first-order valence-electron chi connectivity index (χ1n) is 7.68. The summed E-state index contributed by atoms with van der Waals surface area (Å²) in [4.78, 5) is 13.1. The maximum Gasteiger partial charge on any atom is 0.233 e. The van der Waals surface area contributed by atoms with E-state index in [1.807, 2.05) is 47.4 Å². The molecule has 0 aliphatic rings. The van der Waals surface area contributed by atoms with Gasteiger partial charge in [-0.05, 0) is 25.5 Å². The second-order valence-corrected chi connectivity index (χ2v) is 5.75. The van der Waals surface area contributed by atoms with Gasteiger partial charge in [-0.15, -0.1) is 0 Å². The number of hydrogen-bond donors (Lipinski definition) is 1. The lowest BCUT2D eigenvalue weighted by Gasteiger charge is -2.09.